The number of carbonyl (C=O) groups is 3. The van der Waals surface area contributed by atoms with Gasteiger partial charge in [0.05, 0.1) is 12.0 Å². The SMILES string of the molecule is Cc1ccccc1[C@]1(CC(=O)N2CCCCCCC2)CC(=O)N(Cc2ccccc2)C1=O. The highest BCUT2D eigenvalue weighted by Crippen LogP contribution is 2.42. The van der Waals surface area contributed by atoms with Crippen molar-refractivity contribution in [2.45, 2.75) is 63.8 Å². The third-order valence-electron chi connectivity index (χ3n) is 6.91. The number of benzene rings is 2. The highest BCUT2D eigenvalue weighted by molar-refractivity contribution is 6.10. The van der Waals surface area contributed by atoms with Crippen molar-refractivity contribution in [2.75, 3.05) is 13.1 Å². The monoisotopic (exact) mass is 432 g/mol. The summed E-state index contributed by atoms with van der Waals surface area (Å²) in [6.07, 6.45) is 5.57. The summed E-state index contributed by atoms with van der Waals surface area (Å²) in [5.41, 5.74) is 1.52. The van der Waals surface area contributed by atoms with E-state index >= 15 is 0 Å². The summed E-state index contributed by atoms with van der Waals surface area (Å²) < 4.78 is 0. The van der Waals surface area contributed by atoms with Crippen LogP contribution in [-0.2, 0) is 26.3 Å². The molecule has 2 saturated heterocycles. The summed E-state index contributed by atoms with van der Waals surface area (Å²) in [5.74, 6) is -0.471. The number of nitrogens with zero attached hydrogens (tertiary/aromatic N) is 2. The van der Waals surface area contributed by atoms with Crippen LogP contribution in [0.2, 0.25) is 0 Å². The Bertz CT molecular complexity index is 979. The van der Waals surface area contributed by atoms with E-state index in [0.717, 1.165) is 55.5 Å². The Morgan fingerprint density at radius 2 is 1.50 bits per heavy atom. The molecule has 2 aromatic carbocycles. The normalized spacial score (nSPS) is 22.0. The minimum Gasteiger partial charge on any atom is -0.343 e. The van der Waals surface area contributed by atoms with Crippen LogP contribution in [-0.4, -0.2) is 40.6 Å². The van der Waals surface area contributed by atoms with E-state index in [1.54, 1.807) is 0 Å². The van der Waals surface area contributed by atoms with Crippen molar-refractivity contribution in [1.82, 2.24) is 9.80 Å². The van der Waals surface area contributed by atoms with Crippen LogP contribution in [0.3, 0.4) is 0 Å². The average molecular weight is 433 g/mol. The van der Waals surface area contributed by atoms with E-state index in [0.29, 0.717) is 0 Å². The zero-order valence-electron chi connectivity index (χ0n) is 18.9. The van der Waals surface area contributed by atoms with E-state index < -0.39 is 5.41 Å². The molecule has 0 N–H and O–H groups in total. The van der Waals surface area contributed by atoms with Gasteiger partial charge < -0.3 is 4.90 Å². The molecule has 2 aromatic rings. The van der Waals surface area contributed by atoms with Crippen LogP contribution in [0.5, 0.6) is 0 Å². The molecule has 5 heteroatoms. The standard InChI is InChI=1S/C27H32N2O3/c1-21-12-8-9-15-23(21)27(18-24(30)28-16-10-3-2-4-11-17-28)19-25(31)29(26(27)32)20-22-13-6-5-7-14-22/h5-9,12-15H,2-4,10-11,16-20H2,1H3/t27-/m0/s1. The van der Waals surface area contributed by atoms with E-state index in [2.05, 4.69) is 0 Å². The number of hydrogen-bond donors (Lipinski definition) is 0. The third-order valence-corrected chi connectivity index (χ3v) is 6.91. The van der Waals surface area contributed by atoms with Gasteiger partial charge in [0.15, 0.2) is 0 Å². The van der Waals surface area contributed by atoms with E-state index in [-0.39, 0.29) is 37.1 Å². The molecule has 168 valence electrons. The van der Waals surface area contributed by atoms with Gasteiger partial charge in [-0.05, 0) is 36.5 Å². The highest BCUT2D eigenvalue weighted by Gasteiger charge is 2.54. The molecule has 32 heavy (non-hydrogen) atoms. The molecule has 2 fully saturated rings. The lowest BCUT2D eigenvalue weighted by molar-refractivity contribution is -0.143. The van der Waals surface area contributed by atoms with Crippen molar-refractivity contribution < 1.29 is 14.4 Å². The molecule has 0 radical (unpaired) electrons. The fourth-order valence-corrected chi connectivity index (χ4v) is 5.15. The summed E-state index contributed by atoms with van der Waals surface area (Å²) >= 11 is 0. The van der Waals surface area contributed by atoms with Crippen LogP contribution >= 0.6 is 0 Å². The number of imide groups is 1. The number of hydrogen-bond acceptors (Lipinski definition) is 3. The fraction of sp³-hybridized carbons (Fsp3) is 0.444. The van der Waals surface area contributed by atoms with Crippen molar-refractivity contribution >= 4 is 17.7 Å². The lowest BCUT2D eigenvalue weighted by Gasteiger charge is -2.32. The first kappa shape index (κ1) is 22.3. The Morgan fingerprint density at radius 3 is 2.19 bits per heavy atom. The molecule has 3 amide bonds. The Morgan fingerprint density at radius 1 is 0.875 bits per heavy atom. The topological polar surface area (TPSA) is 57.7 Å². The molecule has 2 aliphatic rings. The van der Waals surface area contributed by atoms with Gasteiger partial charge in [-0.1, -0.05) is 73.9 Å². The van der Waals surface area contributed by atoms with Crippen LogP contribution in [0.4, 0.5) is 0 Å². The van der Waals surface area contributed by atoms with Gasteiger partial charge in [-0.25, -0.2) is 0 Å². The molecule has 0 unspecified atom stereocenters. The molecule has 0 aromatic heterocycles. The number of carbonyl (C=O) groups excluding carboxylic acids is 3. The van der Waals surface area contributed by atoms with Crippen molar-refractivity contribution in [3.8, 4) is 0 Å². The average Bonchev–Trinajstić information content (AvgIpc) is 2.99. The molecule has 4 rings (SSSR count). The van der Waals surface area contributed by atoms with Gasteiger partial charge in [0.1, 0.15) is 0 Å². The summed E-state index contributed by atoms with van der Waals surface area (Å²) in [7, 11) is 0. The van der Waals surface area contributed by atoms with E-state index in [4.69, 9.17) is 0 Å². The smallest absolute Gasteiger partial charge is 0.241 e. The molecular weight excluding hydrogens is 400 g/mol. The van der Waals surface area contributed by atoms with Gasteiger partial charge in [0.2, 0.25) is 17.7 Å². The van der Waals surface area contributed by atoms with Crippen LogP contribution in [0.1, 0.15) is 61.6 Å². The molecule has 0 bridgehead atoms. The predicted molar refractivity (Wildman–Crippen MR) is 124 cm³/mol. The molecule has 0 aliphatic carbocycles. The molecule has 0 saturated carbocycles. The molecule has 1 atom stereocenters. The van der Waals surface area contributed by atoms with E-state index in [1.165, 1.54) is 11.3 Å². The minimum absolute atomic E-state index is 0.0159. The Balaban J connectivity index is 1.66. The summed E-state index contributed by atoms with van der Waals surface area (Å²) in [6.45, 7) is 3.66. The van der Waals surface area contributed by atoms with Gasteiger partial charge >= 0.3 is 0 Å². The molecule has 5 nitrogen and oxygen atoms in total. The third kappa shape index (κ3) is 4.47. The highest BCUT2D eigenvalue weighted by atomic mass is 16.2. The number of amides is 3. The lowest BCUT2D eigenvalue weighted by atomic mass is 9.74. The maximum atomic E-state index is 13.9. The summed E-state index contributed by atoms with van der Waals surface area (Å²) in [4.78, 5) is 43.7. The Hall–Kier alpha value is -2.95. The van der Waals surface area contributed by atoms with Gasteiger partial charge in [-0.3, -0.25) is 19.3 Å². The molecular formula is C27H32N2O3. The minimum atomic E-state index is -1.13. The molecule has 0 spiro atoms. The molecule has 2 aliphatic heterocycles. The van der Waals surface area contributed by atoms with E-state index in [1.807, 2.05) is 66.4 Å². The van der Waals surface area contributed by atoms with Gasteiger partial charge in [-0.2, -0.15) is 0 Å². The fourth-order valence-electron chi connectivity index (χ4n) is 5.15. The van der Waals surface area contributed by atoms with Gasteiger partial charge in [-0.15, -0.1) is 0 Å². The summed E-state index contributed by atoms with van der Waals surface area (Å²) in [5, 5.41) is 0. The van der Waals surface area contributed by atoms with Crippen LogP contribution < -0.4 is 0 Å². The van der Waals surface area contributed by atoms with E-state index in [9.17, 15) is 14.4 Å². The van der Waals surface area contributed by atoms with Crippen LogP contribution in [0.25, 0.3) is 0 Å². The first-order valence-electron chi connectivity index (χ1n) is 11.7. The Kier molecular flexibility index (Phi) is 6.73. The first-order chi connectivity index (χ1) is 15.5. The summed E-state index contributed by atoms with van der Waals surface area (Å²) in [6, 6.07) is 17.2. The maximum Gasteiger partial charge on any atom is 0.241 e. The first-order valence-corrected chi connectivity index (χ1v) is 11.7. The second kappa shape index (κ2) is 9.68. The van der Waals surface area contributed by atoms with Crippen molar-refractivity contribution in [2.24, 2.45) is 0 Å². The second-order valence-corrected chi connectivity index (χ2v) is 9.17. The number of likely N-dealkylation sites (tertiary alicyclic amines) is 2. The quantitative estimate of drug-likeness (QED) is 0.659. The second-order valence-electron chi connectivity index (χ2n) is 9.17. The number of rotatable bonds is 5. The predicted octanol–water partition coefficient (Wildman–Crippen LogP) is 4.37. The Labute approximate surface area is 190 Å². The number of aryl methyl sites for hydroxylation is 1. The van der Waals surface area contributed by atoms with Crippen molar-refractivity contribution in [1.29, 1.82) is 0 Å². The maximum absolute atomic E-state index is 13.9. The zero-order chi connectivity index (χ0) is 22.6. The van der Waals surface area contributed by atoms with Crippen molar-refractivity contribution in [3.63, 3.8) is 0 Å². The lowest BCUT2D eigenvalue weighted by Crippen LogP contribution is -2.44. The van der Waals surface area contributed by atoms with Crippen LogP contribution in [0, 0.1) is 6.92 Å². The van der Waals surface area contributed by atoms with Crippen molar-refractivity contribution in [3.05, 3.63) is 71.3 Å². The molecule has 2 heterocycles. The van der Waals surface area contributed by atoms with Gasteiger partial charge in [0, 0.05) is 25.9 Å². The van der Waals surface area contributed by atoms with Crippen LogP contribution in [0.15, 0.2) is 54.6 Å². The van der Waals surface area contributed by atoms with Gasteiger partial charge in [0.25, 0.3) is 0 Å². The zero-order valence-corrected chi connectivity index (χ0v) is 18.9. The largest absolute Gasteiger partial charge is 0.343 e.